The van der Waals surface area contributed by atoms with Crippen LogP contribution in [-0.4, -0.2) is 11.1 Å². The summed E-state index contributed by atoms with van der Waals surface area (Å²) in [6, 6.07) is 0. The monoisotopic (exact) mass is 88.1 g/mol. The van der Waals surface area contributed by atoms with Crippen LogP contribution in [0.1, 0.15) is 7.43 Å². The molecule has 0 aliphatic heterocycles. The van der Waals surface area contributed by atoms with Crippen molar-refractivity contribution in [2.75, 3.05) is 0 Å². The lowest BCUT2D eigenvalue weighted by Crippen LogP contribution is -1.82. The van der Waals surface area contributed by atoms with Crippen LogP contribution in [0.2, 0.25) is 0 Å². The van der Waals surface area contributed by atoms with Gasteiger partial charge in [0.15, 0.2) is 0 Å². The van der Waals surface area contributed by atoms with Crippen LogP contribution >= 0.6 is 0 Å². The number of rotatable bonds is 1. The molecule has 0 unspecified atom stereocenters. The minimum absolute atomic E-state index is 0. The first-order valence-electron chi connectivity index (χ1n) is 1.12. The standard InChI is InChI=1S/C3H4O2.CH4/c1-2-3(4)5;/h2H,1H2,(H,4,5);1H4. The van der Waals surface area contributed by atoms with Crippen LogP contribution in [0, 0.1) is 0 Å². The maximum Gasteiger partial charge on any atom is 0.327 e. The molecule has 0 fully saturated rings. The third-order valence-corrected chi connectivity index (χ3v) is 0.175. The topological polar surface area (TPSA) is 37.3 Å². The lowest BCUT2D eigenvalue weighted by Gasteiger charge is -1.64. The van der Waals surface area contributed by atoms with E-state index >= 15 is 0 Å². The molecule has 0 saturated carbocycles. The first-order valence-corrected chi connectivity index (χ1v) is 1.12. The summed E-state index contributed by atoms with van der Waals surface area (Å²) in [7, 11) is 0. The summed E-state index contributed by atoms with van der Waals surface area (Å²) in [6.07, 6.45) is 0.833. The minimum Gasteiger partial charge on any atom is -0.478 e. The number of aliphatic carboxylic acids is 1. The van der Waals surface area contributed by atoms with Crippen LogP contribution in [0.3, 0.4) is 0 Å². The van der Waals surface area contributed by atoms with Crippen molar-refractivity contribution < 1.29 is 9.90 Å². The molecule has 0 bridgehead atoms. The number of carboxylic acids is 1. The van der Waals surface area contributed by atoms with E-state index in [4.69, 9.17) is 5.11 Å². The highest BCUT2D eigenvalue weighted by Crippen LogP contribution is 1.54. The van der Waals surface area contributed by atoms with Gasteiger partial charge in [-0.2, -0.15) is 0 Å². The normalized spacial score (nSPS) is 5.33. The fourth-order valence-electron chi connectivity index (χ4n) is 0. The molecule has 0 aromatic rings. The quantitative estimate of drug-likeness (QED) is 0.483. The van der Waals surface area contributed by atoms with Crippen LogP contribution in [0.25, 0.3) is 0 Å². The van der Waals surface area contributed by atoms with Gasteiger partial charge in [0.2, 0.25) is 0 Å². The summed E-state index contributed by atoms with van der Waals surface area (Å²) in [5.74, 6) is -0.981. The summed E-state index contributed by atoms with van der Waals surface area (Å²) < 4.78 is 0. The first kappa shape index (κ1) is 8.96. The molecule has 0 aromatic carbocycles. The van der Waals surface area contributed by atoms with E-state index < -0.39 is 5.97 Å². The molecule has 2 heteroatoms. The van der Waals surface area contributed by atoms with Gasteiger partial charge in [0, 0.05) is 6.08 Å². The highest BCUT2D eigenvalue weighted by Gasteiger charge is 1.73. The lowest BCUT2D eigenvalue weighted by molar-refractivity contribution is -0.131. The molecule has 0 amide bonds. The van der Waals surface area contributed by atoms with Gasteiger partial charge in [0.25, 0.3) is 0 Å². The fourth-order valence-corrected chi connectivity index (χ4v) is 0. The molecule has 6 heavy (non-hydrogen) atoms. The Morgan fingerprint density at radius 2 is 2.00 bits per heavy atom. The van der Waals surface area contributed by atoms with Crippen molar-refractivity contribution in [3.8, 4) is 0 Å². The summed E-state index contributed by atoms with van der Waals surface area (Å²) in [4.78, 5) is 9.25. The molecular formula is C4H8O2. The summed E-state index contributed by atoms with van der Waals surface area (Å²) in [6.45, 7) is 2.96. The maximum absolute atomic E-state index is 9.25. The van der Waals surface area contributed by atoms with Crippen molar-refractivity contribution in [2.45, 2.75) is 7.43 Å². The molecule has 36 valence electrons. The average molecular weight is 88.1 g/mol. The molecule has 1 N–H and O–H groups in total. The van der Waals surface area contributed by atoms with E-state index in [0.29, 0.717) is 0 Å². The predicted molar refractivity (Wildman–Crippen MR) is 24.6 cm³/mol. The van der Waals surface area contributed by atoms with Crippen molar-refractivity contribution in [3.63, 3.8) is 0 Å². The van der Waals surface area contributed by atoms with E-state index in [1.54, 1.807) is 0 Å². The average Bonchev–Trinajstić information content (AvgIpc) is 1.38. The Kier molecular flexibility index (Phi) is 6.29. The van der Waals surface area contributed by atoms with Crippen LogP contribution < -0.4 is 0 Å². The van der Waals surface area contributed by atoms with E-state index in [1.165, 1.54) is 0 Å². The van der Waals surface area contributed by atoms with Crippen molar-refractivity contribution in [2.24, 2.45) is 0 Å². The molecule has 0 heterocycles. The largest absolute Gasteiger partial charge is 0.478 e. The smallest absolute Gasteiger partial charge is 0.327 e. The zero-order chi connectivity index (χ0) is 4.28. The molecule has 0 rings (SSSR count). The lowest BCUT2D eigenvalue weighted by atomic mass is 10.7. The molecule has 0 saturated heterocycles. The SMILES string of the molecule is C.C=CC(=O)O. The molecule has 0 atom stereocenters. The minimum atomic E-state index is -0.981. The van der Waals surface area contributed by atoms with Crippen molar-refractivity contribution in [3.05, 3.63) is 12.7 Å². The zero-order valence-corrected chi connectivity index (χ0v) is 2.64. The van der Waals surface area contributed by atoms with Gasteiger partial charge in [-0.3, -0.25) is 0 Å². The van der Waals surface area contributed by atoms with E-state index in [9.17, 15) is 4.79 Å². The molecule has 0 aliphatic rings. The molecule has 0 aromatic heterocycles. The Balaban J connectivity index is 0. The third-order valence-electron chi connectivity index (χ3n) is 0.175. The Bertz CT molecular complexity index is 56.6. The number of hydrogen-bond acceptors (Lipinski definition) is 1. The highest BCUT2D eigenvalue weighted by atomic mass is 16.4. The van der Waals surface area contributed by atoms with E-state index in [2.05, 4.69) is 6.58 Å². The van der Waals surface area contributed by atoms with Crippen LogP contribution in [-0.2, 0) is 4.79 Å². The van der Waals surface area contributed by atoms with Crippen molar-refractivity contribution >= 4 is 5.97 Å². The van der Waals surface area contributed by atoms with Gasteiger partial charge >= 0.3 is 5.97 Å². The Morgan fingerprint density at radius 1 is 1.83 bits per heavy atom. The zero-order valence-electron chi connectivity index (χ0n) is 2.64. The van der Waals surface area contributed by atoms with E-state index in [0.717, 1.165) is 6.08 Å². The van der Waals surface area contributed by atoms with Gasteiger partial charge in [-0.05, 0) is 0 Å². The van der Waals surface area contributed by atoms with Crippen LogP contribution in [0.15, 0.2) is 12.7 Å². The second-order valence-corrected chi connectivity index (χ2v) is 0.542. The van der Waals surface area contributed by atoms with E-state index in [1.807, 2.05) is 0 Å². The van der Waals surface area contributed by atoms with Crippen molar-refractivity contribution in [1.29, 1.82) is 0 Å². The maximum atomic E-state index is 9.25. The van der Waals surface area contributed by atoms with Gasteiger partial charge in [0.05, 0.1) is 0 Å². The predicted octanol–water partition coefficient (Wildman–Crippen LogP) is 0.893. The van der Waals surface area contributed by atoms with Gasteiger partial charge in [0.1, 0.15) is 0 Å². The Labute approximate surface area is 37.1 Å². The van der Waals surface area contributed by atoms with Gasteiger partial charge in [-0.1, -0.05) is 14.0 Å². The second-order valence-electron chi connectivity index (χ2n) is 0.542. The molecule has 0 spiro atoms. The Hall–Kier alpha value is -0.790. The third kappa shape index (κ3) is 10.7. The van der Waals surface area contributed by atoms with Gasteiger partial charge < -0.3 is 5.11 Å². The van der Waals surface area contributed by atoms with Gasteiger partial charge in [-0.15, -0.1) is 0 Å². The molecule has 0 radical (unpaired) electrons. The van der Waals surface area contributed by atoms with Gasteiger partial charge in [-0.25, -0.2) is 4.79 Å². The summed E-state index contributed by atoms with van der Waals surface area (Å²) in [5.41, 5.74) is 0. The molecular weight excluding hydrogens is 80.0 g/mol. The number of hydrogen-bond donors (Lipinski definition) is 1. The molecule has 2 nitrogen and oxygen atoms in total. The highest BCUT2D eigenvalue weighted by molar-refractivity contribution is 5.78. The number of carbonyl (C=O) groups is 1. The van der Waals surface area contributed by atoms with Crippen LogP contribution in [0.5, 0.6) is 0 Å². The first-order chi connectivity index (χ1) is 2.27. The van der Waals surface area contributed by atoms with E-state index in [-0.39, 0.29) is 7.43 Å². The van der Waals surface area contributed by atoms with Crippen LogP contribution in [0.4, 0.5) is 0 Å². The summed E-state index contributed by atoms with van der Waals surface area (Å²) >= 11 is 0. The number of carboxylic acid groups (broad SMARTS) is 1. The Morgan fingerprint density at radius 3 is 2.00 bits per heavy atom. The molecule has 0 aliphatic carbocycles. The van der Waals surface area contributed by atoms with Crippen molar-refractivity contribution in [1.82, 2.24) is 0 Å². The second kappa shape index (κ2) is 4.21. The summed E-state index contributed by atoms with van der Waals surface area (Å²) in [5, 5.41) is 7.60. The fraction of sp³-hybridized carbons (Fsp3) is 0.250.